The predicted molar refractivity (Wildman–Crippen MR) is 128 cm³/mol. The van der Waals surface area contributed by atoms with Crippen molar-refractivity contribution < 1.29 is 48.4 Å². The average molecular weight is 518 g/mol. The van der Waals surface area contributed by atoms with Crippen LogP contribution in [0.15, 0.2) is 0 Å². The first-order valence-corrected chi connectivity index (χ1v) is 13.4. The van der Waals surface area contributed by atoms with Crippen LogP contribution in [0.1, 0.15) is 19.8 Å². The lowest BCUT2D eigenvalue weighted by Crippen LogP contribution is -2.61. The van der Waals surface area contributed by atoms with Crippen LogP contribution in [0, 0.1) is 0 Å². The maximum atomic E-state index is 9.59. The second kappa shape index (κ2) is 15.1. The Bertz CT molecular complexity index is 493. The molecule has 0 bridgehead atoms. The molecule has 0 amide bonds. The molecule has 14 heteroatoms. The normalized spacial score (nSPS) is 14.1. The molecule has 0 unspecified atom stereocenters. The molecule has 0 spiro atoms. The molecule has 0 aliphatic rings. The number of aliphatic hydroxyl groups is 6. The molecule has 0 heterocycles. The molecule has 12 N–H and O–H groups in total. The number of nitrogens with two attached hydrogens (primary N) is 3. The Morgan fingerprint density at radius 2 is 0.971 bits per heavy atom. The van der Waals surface area contributed by atoms with E-state index in [1.165, 1.54) is 0 Å². The molecule has 0 radical (unpaired) electrons. The van der Waals surface area contributed by atoms with Gasteiger partial charge in [0.05, 0.1) is 103 Å². The zero-order valence-electron chi connectivity index (χ0n) is 21.0. The van der Waals surface area contributed by atoms with Crippen molar-refractivity contribution in [3.8, 4) is 0 Å². The molecule has 0 aromatic heterocycles. The molecule has 0 aromatic carbocycles. The van der Waals surface area contributed by atoms with E-state index in [1.54, 1.807) is 0 Å². The van der Waals surface area contributed by atoms with Gasteiger partial charge in [-0.2, -0.15) is 0 Å². The van der Waals surface area contributed by atoms with E-state index < -0.39 is 65.1 Å². The first-order valence-electron chi connectivity index (χ1n) is 11.5. The van der Waals surface area contributed by atoms with Gasteiger partial charge in [0, 0.05) is 12.5 Å². The molecule has 0 saturated carbocycles. The van der Waals surface area contributed by atoms with Crippen molar-refractivity contribution >= 4 is 8.80 Å². The fourth-order valence-electron chi connectivity index (χ4n) is 2.97. The zero-order chi connectivity index (χ0) is 26.5. The van der Waals surface area contributed by atoms with E-state index in [4.69, 9.17) is 30.5 Å². The van der Waals surface area contributed by atoms with Crippen molar-refractivity contribution in [1.82, 2.24) is 0 Å². The first kappa shape index (κ1) is 33.7. The van der Waals surface area contributed by atoms with Crippen LogP contribution in [0.3, 0.4) is 0 Å². The van der Waals surface area contributed by atoms with Crippen LogP contribution in [0.5, 0.6) is 0 Å². The van der Waals surface area contributed by atoms with Crippen molar-refractivity contribution in [3.05, 3.63) is 0 Å². The van der Waals surface area contributed by atoms with Crippen molar-refractivity contribution in [2.45, 2.75) is 42.4 Å². The van der Waals surface area contributed by atoms with Crippen LogP contribution >= 0.6 is 0 Å². The van der Waals surface area contributed by atoms with Gasteiger partial charge in [0.15, 0.2) is 0 Å². The van der Waals surface area contributed by atoms with E-state index in [2.05, 4.69) is 21.0 Å². The molecule has 34 heavy (non-hydrogen) atoms. The summed E-state index contributed by atoms with van der Waals surface area (Å²) in [6.45, 7) is -0.642. The van der Waals surface area contributed by atoms with E-state index >= 15 is 0 Å². The van der Waals surface area contributed by atoms with Crippen LogP contribution in [-0.2, 0) is 13.3 Å². The summed E-state index contributed by atoms with van der Waals surface area (Å²) in [4.78, 5) is 0. The fraction of sp³-hybridized carbons (Fsp3) is 1.00. The second-order valence-electron chi connectivity index (χ2n) is 10.1. The number of nitrogens with zero attached hydrogens (tertiary/aromatic N) is 1. The Balaban J connectivity index is 5.96. The second-order valence-corrected chi connectivity index (χ2v) is 12.8. The summed E-state index contributed by atoms with van der Waals surface area (Å²) in [5.41, 5.74) is 13.5. The Labute approximate surface area is 204 Å². The molecular formula is C20H49N4O9Si+. The summed E-state index contributed by atoms with van der Waals surface area (Å²) >= 11 is 0. The number of hydrogen-bond acceptors (Lipinski definition) is 12. The van der Waals surface area contributed by atoms with Crippen molar-refractivity contribution in [2.24, 2.45) is 17.2 Å². The minimum absolute atomic E-state index is 0.255. The van der Waals surface area contributed by atoms with Crippen molar-refractivity contribution in [3.63, 3.8) is 0 Å². The summed E-state index contributed by atoms with van der Waals surface area (Å²) in [5, 5.41) is 57.5. The van der Waals surface area contributed by atoms with Gasteiger partial charge in [-0.05, 0) is 6.42 Å². The molecule has 0 fully saturated rings. The minimum Gasteiger partial charge on any atom is -0.394 e. The third-order valence-corrected chi connectivity index (χ3v) is 8.42. The molecule has 0 aromatic rings. The van der Waals surface area contributed by atoms with Crippen molar-refractivity contribution in [2.75, 3.05) is 86.6 Å². The number of hydrogen-bond donors (Lipinski definition) is 9. The molecular weight excluding hydrogens is 468 g/mol. The molecule has 206 valence electrons. The van der Waals surface area contributed by atoms with Gasteiger partial charge in [0.25, 0.3) is 0 Å². The van der Waals surface area contributed by atoms with Gasteiger partial charge in [-0.3, -0.25) is 0 Å². The lowest BCUT2D eigenvalue weighted by molar-refractivity contribution is -0.890. The molecule has 0 saturated heterocycles. The van der Waals surface area contributed by atoms with Gasteiger partial charge in [0.2, 0.25) is 0 Å². The summed E-state index contributed by atoms with van der Waals surface area (Å²) in [7, 11) is 0.410. The summed E-state index contributed by atoms with van der Waals surface area (Å²) in [5.74, 6) is 0. The van der Waals surface area contributed by atoms with E-state index in [0.717, 1.165) is 24.0 Å². The van der Waals surface area contributed by atoms with Gasteiger partial charge >= 0.3 is 8.80 Å². The molecule has 13 nitrogen and oxygen atoms in total. The predicted octanol–water partition coefficient (Wildman–Crippen LogP) is -4.10. The lowest BCUT2D eigenvalue weighted by atomic mass is 10.1. The largest absolute Gasteiger partial charge is 0.501 e. The highest BCUT2D eigenvalue weighted by atomic mass is 28.4. The lowest BCUT2D eigenvalue weighted by Gasteiger charge is -2.38. The topological polar surface area (TPSA) is 227 Å². The van der Waals surface area contributed by atoms with Gasteiger partial charge in [-0.25, -0.2) is 0 Å². The molecule has 0 aliphatic heterocycles. The third kappa shape index (κ3) is 11.6. The van der Waals surface area contributed by atoms with Gasteiger partial charge < -0.3 is 65.6 Å². The summed E-state index contributed by atoms with van der Waals surface area (Å²) < 4.78 is 18.8. The maximum Gasteiger partial charge on any atom is 0.501 e. The third-order valence-electron chi connectivity index (χ3n) is 5.70. The van der Waals surface area contributed by atoms with E-state index in [0.29, 0.717) is 6.42 Å². The minimum atomic E-state index is -3.76. The number of quaternary nitrogens is 1. The summed E-state index contributed by atoms with van der Waals surface area (Å²) in [6.07, 6.45) is 1.58. The quantitative estimate of drug-likeness (QED) is 0.0523. The van der Waals surface area contributed by atoms with Crippen LogP contribution in [0.2, 0.25) is 6.04 Å². The fourth-order valence-corrected chi connectivity index (χ4v) is 5.76. The SMILES string of the molecule is CCC[N+](C)(C)CCC[Si](OCC(N)(CO)CO)(OCC(N)(CO)CO)OCC(N)(CO)CO. The van der Waals surface area contributed by atoms with Gasteiger partial charge in [0.1, 0.15) is 0 Å². The van der Waals surface area contributed by atoms with E-state index in [9.17, 15) is 30.6 Å². The highest BCUT2D eigenvalue weighted by molar-refractivity contribution is 6.60. The smallest absolute Gasteiger partial charge is 0.394 e. The standard InChI is InChI=1S/C20H49N4O9Si/c1-4-6-24(2,3)7-5-8-34(31-15-18(21,9-25)10-26,32-16-19(22,11-27)12-28)33-17-20(23,13-29)14-30/h25-30H,4-17,21-23H2,1-3H3/q+1. The molecule has 0 rings (SSSR count). The Morgan fingerprint density at radius 1 is 0.647 bits per heavy atom. The van der Waals surface area contributed by atoms with Crippen molar-refractivity contribution in [1.29, 1.82) is 0 Å². The van der Waals surface area contributed by atoms with E-state index in [-0.39, 0.29) is 25.9 Å². The monoisotopic (exact) mass is 517 g/mol. The summed E-state index contributed by atoms with van der Waals surface area (Å²) in [6, 6.07) is 0.255. The highest BCUT2D eigenvalue weighted by Gasteiger charge is 2.47. The zero-order valence-corrected chi connectivity index (χ0v) is 22.0. The molecule has 0 atom stereocenters. The highest BCUT2D eigenvalue weighted by Crippen LogP contribution is 2.24. The number of aliphatic hydroxyl groups excluding tert-OH is 6. The van der Waals surface area contributed by atoms with Gasteiger partial charge in [-0.15, -0.1) is 0 Å². The van der Waals surface area contributed by atoms with Crippen LogP contribution in [0.25, 0.3) is 0 Å². The van der Waals surface area contributed by atoms with Gasteiger partial charge in [-0.1, -0.05) is 6.92 Å². The van der Waals surface area contributed by atoms with E-state index in [1.807, 2.05) is 0 Å². The van der Waals surface area contributed by atoms with Crippen LogP contribution in [0.4, 0.5) is 0 Å². The average Bonchev–Trinajstić information content (AvgIpc) is 2.83. The maximum absolute atomic E-state index is 9.59. The first-order chi connectivity index (χ1) is 15.8. The Hall–Kier alpha value is -0.303. The molecule has 0 aliphatic carbocycles. The van der Waals surface area contributed by atoms with Crippen LogP contribution in [-0.4, -0.2) is 147 Å². The Kier molecular flexibility index (Phi) is 14.9. The number of rotatable bonds is 21. The van der Waals surface area contributed by atoms with Crippen LogP contribution < -0.4 is 17.2 Å². The Morgan fingerprint density at radius 3 is 1.24 bits per heavy atom.